The molecule has 0 aliphatic carbocycles. The minimum Gasteiger partial charge on any atom is -0.368 e. The first-order valence-corrected chi connectivity index (χ1v) is 7.56. The van der Waals surface area contributed by atoms with Crippen molar-refractivity contribution in [3.8, 4) is 0 Å². The zero-order chi connectivity index (χ0) is 13.5. The standard InChI is InChI=1S/C13H28N2OS/c1-6-7-8-17-11(4)9-13(5,12(14)16)15-10(2)3/h10-11,15H,6-9H2,1-5H3,(H2,14,16). The summed E-state index contributed by atoms with van der Waals surface area (Å²) < 4.78 is 0. The van der Waals surface area contributed by atoms with Crippen LogP contribution in [0.4, 0.5) is 0 Å². The number of hydrogen-bond donors (Lipinski definition) is 2. The first-order valence-electron chi connectivity index (χ1n) is 6.51. The smallest absolute Gasteiger partial charge is 0.237 e. The van der Waals surface area contributed by atoms with Gasteiger partial charge in [-0.2, -0.15) is 11.8 Å². The minimum absolute atomic E-state index is 0.255. The number of primary amides is 1. The van der Waals surface area contributed by atoms with Gasteiger partial charge in [0.1, 0.15) is 0 Å². The Labute approximate surface area is 110 Å². The summed E-state index contributed by atoms with van der Waals surface area (Å²) in [6.07, 6.45) is 3.24. The molecule has 0 aliphatic rings. The van der Waals surface area contributed by atoms with E-state index in [0.29, 0.717) is 5.25 Å². The van der Waals surface area contributed by atoms with E-state index >= 15 is 0 Å². The number of rotatable bonds is 9. The molecule has 0 aliphatic heterocycles. The molecule has 2 unspecified atom stereocenters. The lowest BCUT2D eigenvalue weighted by molar-refractivity contribution is -0.124. The van der Waals surface area contributed by atoms with Crippen LogP contribution in [0.1, 0.15) is 53.9 Å². The van der Waals surface area contributed by atoms with Crippen molar-refractivity contribution in [2.75, 3.05) is 5.75 Å². The molecule has 0 aromatic carbocycles. The molecule has 0 fully saturated rings. The molecule has 0 bridgehead atoms. The van der Waals surface area contributed by atoms with Crippen LogP contribution in [0.15, 0.2) is 0 Å². The zero-order valence-corrected chi connectivity index (χ0v) is 12.7. The van der Waals surface area contributed by atoms with Crippen molar-refractivity contribution >= 4 is 17.7 Å². The molecule has 0 radical (unpaired) electrons. The molecule has 2 atom stereocenters. The third kappa shape index (κ3) is 6.94. The molecule has 0 saturated carbocycles. The fourth-order valence-electron chi connectivity index (χ4n) is 1.93. The molecule has 4 heteroatoms. The van der Waals surface area contributed by atoms with Crippen LogP contribution in [-0.2, 0) is 4.79 Å². The topological polar surface area (TPSA) is 55.1 Å². The number of carbonyl (C=O) groups is 1. The van der Waals surface area contributed by atoms with E-state index in [1.807, 2.05) is 32.5 Å². The normalized spacial score (nSPS) is 16.8. The van der Waals surface area contributed by atoms with Crippen molar-refractivity contribution < 1.29 is 4.79 Å². The van der Waals surface area contributed by atoms with Gasteiger partial charge >= 0.3 is 0 Å². The Morgan fingerprint density at radius 3 is 2.41 bits per heavy atom. The number of unbranched alkanes of at least 4 members (excludes halogenated alkanes) is 1. The summed E-state index contributed by atoms with van der Waals surface area (Å²) in [5.74, 6) is 0.905. The van der Waals surface area contributed by atoms with E-state index in [-0.39, 0.29) is 11.9 Å². The molecule has 102 valence electrons. The van der Waals surface area contributed by atoms with Gasteiger partial charge in [-0.25, -0.2) is 0 Å². The summed E-state index contributed by atoms with van der Waals surface area (Å²) in [5, 5.41) is 3.74. The Balaban J connectivity index is 4.28. The second-order valence-electron chi connectivity index (χ2n) is 5.23. The van der Waals surface area contributed by atoms with Crippen LogP contribution in [-0.4, -0.2) is 28.5 Å². The SMILES string of the molecule is CCCCSC(C)CC(C)(NC(C)C)C(N)=O. The minimum atomic E-state index is -0.590. The lowest BCUT2D eigenvalue weighted by Gasteiger charge is -2.32. The van der Waals surface area contributed by atoms with Crippen LogP contribution in [0.5, 0.6) is 0 Å². The maximum Gasteiger partial charge on any atom is 0.237 e. The van der Waals surface area contributed by atoms with Gasteiger partial charge in [-0.3, -0.25) is 4.79 Å². The van der Waals surface area contributed by atoms with Gasteiger partial charge in [0.15, 0.2) is 0 Å². The largest absolute Gasteiger partial charge is 0.368 e. The van der Waals surface area contributed by atoms with E-state index < -0.39 is 5.54 Å². The molecule has 0 heterocycles. The van der Waals surface area contributed by atoms with Crippen LogP contribution >= 0.6 is 11.8 Å². The van der Waals surface area contributed by atoms with Gasteiger partial charge in [0.25, 0.3) is 0 Å². The molecule has 0 saturated heterocycles. The van der Waals surface area contributed by atoms with E-state index in [9.17, 15) is 4.79 Å². The number of nitrogens with one attached hydrogen (secondary N) is 1. The second kappa shape index (κ2) is 7.98. The third-order valence-corrected chi connectivity index (χ3v) is 4.01. The average molecular weight is 260 g/mol. The second-order valence-corrected chi connectivity index (χ2v) is 6.78. The van der Waals surface area contributed by atoms with Crippen LogP contribution in [0.25, 0.3) is 0 Å². The fourth-order valence-corrected chi connectivity index (χ4v) is 3.24. The summed E-state index contributed by atoms with van der Waals surface area (Å²) in [5.41, 5.74) is 4.92. The van der Waals surface area contributed by atoms with Crippen LogP contribution < -0.4 is 11.1 Å². The number of nitrogens with two attached hydrogens (primary N) is 1. The first kappa shape index (κ1) is 16.8. The van der Waals surface area contributed by atoms with Gasteiger partial charge in [-0.1, -0.05) is 20.3 Å². The molecule has 1 amide bonds. The van der Waals surface area contributed by atoms with Gasteiger partial charge in [0, 0.05) is 11.3 Å². The number of carbonyl (C=O) groups excluding carboxylic acids is 1. The lowest BCUT2D eigenvalue weighted by atomic mass is 9.94. The fraction of sp³-hybridized carbons (Fsp3) is 0.923. The first-order chi connectivity index (χ1) is 7.81. The van der Waals surface area contributed by atoms with Crippen molar-refractivity contribution in [2.45, 2.75) is 70.7 Å². The summed E-state index contributed by atoms with van der Waals surface area (Å²) in [6.45, 7) is 10.3. The van der Waals surface area contributed by atoms with Gasteiger partial charge in [-0.05, 0) is 39.4 Å². The molecule has 3 nitrogen and oxygen atoms in total. The van der Waals surface area contributed by atoms with Gasteiger partial charge in [0.05, 0.1) is 5.54 Å². The average Bonchev–Trinajstić information content (AvgIpc) is 2.16. The Hall–Kier alpha value is -0.220. The predicted molar refractivity (Wildman–Crippen MR) is 77.3 cm³/mol. The molecule has 17 heavy (non-hydrogen) atoms. The maximum atomic E-state index is 11.6. The zero-order valence-electron chi connectivity index (χ0n) is 11.9. The van der Waals surface area contributed by atoms with Crippen molar-refractivity contribution in [3.05, 3.63) is 0 Å². The highest BCUT2D eigenvalue weighted by molar-refractivity contribution is 7.99. The maximum absolute atomic E-state index is 11.6. The van der Waals surface area contributed by atoms with Gasteiger partial charge in [-0.15, -0.1) is 0 Å². The van der Waals surface area contributed by atoms with Crippen LogP contribution in [0, 0.1) is 0 Å². The van der Waals surface area contributed by atoms with E-state index in [2.05, 4.69) is 19.2 Å². The summed E-state index contributed by atoms with van der Waals surface area (Å²) in [4.78, 5) is 11.6. The Morgan fingerprint density at radius 1 is 1.41 bits per heavy atom. The highest BCUT2D eigenvalue weighted by Gasteiger charge is 2.33. The van der Waals surface area contributed by atoms with Crippen molar-refractivity contribution in [3.63, 3.8) is 0 Å². The molecule has 3 N–H and O–H groups in total. The Morgan fingerprint density at radius 2 is 2.00 bits per heavy atom. The Bertz CT molecular complexity index is 233. The molecule has 0 rings (SSSR count). The Kier molecular flexibility index (Phi) is 7.88. The van der Waals surface area contributed by atoms with Crippen molar-refractivity contribution in [1.82, 2.24) is 5.32 Å². The van der Waals surface area contributed by atoms with Crippen molar-refractivity contribution in [2.24, 2.45) is 5.73 Å². The summed E-state index contributed by atoms with van der Waals surface area (Å²) in [7, 11) is 0. The number of hydrogen-bond acceptors (Lipinski definition) is 3. The summed E-state index contributed by atoms with van der Waals surface area (Å²) >= 11 is 1.92. The van der Waals surface area contributed by atoms with E-state index in [4.69, 9.17) is 5.73 Å². The lowest BCUT2D eigenvalue weighted by Crippen LogP contribution is -2.56. The van der Waals surface area contributed by atoms with Crippen LogP contribution in [0.3, 0.4) is 0 Å². The highest BCUT2D eigenvalue weighted by atomic mass is 32.2. The number of amides is 1. The molecule has 0 spiro atoms. The molecule has 0 aromatic rings. The van der Waals surface area contributed by atoms with Crippen molar-refractivity contribution in [1.29, 1.82) is 0 Å². The quantitative estimate of drug-likeness (QED) is 0.626. The predicted octanol–water partition coefficient (Wildman–Crippen LogP) is 2.54. The third-order valence-electron chi connectivity index (χ3n) is 2.75. The van der Waals surface area contributed by atoms with E-state index in [1.54, 1.807) is 0 Å². The summed E-state index contributed by atoms with van der Waals surface area (Å²) in [6, 6.07) is 0.264. The monoisotopic (exact) mass is 260 g/mol. The molecular weight excluding hydrogens is 232 g/mol. The van der Waals surface area contributed by atoms with E-state index in [1.165, 1.54) is 12.8 Å². The van der Waals surface area contributed by atoms with Gasteiger partial charge in [0.2, 0.25) is 5.91 Å². The molecule has 0 aromatic heterocycles. The van der Waals surface area contributed by atoms with Gasteiger partial charge < -0.3 is 11.1 Å². The van der Waals surface area contributed by atoms with E-state index in [0.717, 1.165) is 12.2 Å². The molecular formula is C13H28N2OS. The van der Waals surface area contributed by atoms with Crippen LogP contribution in [0.2, 0.25) is 0 Å². The number of thioether (sulfide) groups is 1. The highest BCUT2D eigenvalue weighted by Crippen LogP contribution is 2.23.